The summed E-state index contributed by atoms with van der Waals surface area (Å²) < 4.78 is 0. The first-order chi connectivity index (χ1) is 11.6. The van der Waals surface area contributed by atoms with E-state index < -0.39 is 0 Å². The number of hydrogen-bond donors (Lipinski definition) is 3. The first-order valence-corrected chi connectivity index (χ1v) is 8.62. The third kappa shape index (κ3) is 5.79. The third-order valence-electron chi connectivity index (χ3n) is 3.45. The first kappa shape index (κ1) is 18.2. The molecule has 0 radical (unpaired) electrons. The van der Waals surface area contributed by atoms with Crippen LogP contribution in [-0.4, -0.2) is 22.3 Å². The molecule has 0 amide bonds. The summed E-state index contributed by atoms with van der Waals surface area (Å²) >= 11 is 10.7. The molecule has 2 aromatic carbocycles. The van der Waals surface area contributed by atoms with Crippen molar-refractivity contribution in [3.05, 3.63) is 65.7 Å². The maximum atomic E-state index is 5.36. The monoisotopic (exact) mass is 358 g/mol. The molecule has 2 rings (SSSR count). The lowest BCUT2D eigenvalue weighted by atomic mass is 10.1. The summed E-state index contributed by atoms with van der Waals surface area (Å²) in [5.74, 6) is 0. The van der Waals surface area contributed by atoms with Gasteiger partial charge in [-0.05, 0) is 54.1 Å². The van der Waals surface area contributed by atoms with E-state index in [1.165, 1.54) is 11.1 Å². The Labute approximate surface area is 154 Å². The normalized spacial score (nSPS) is 9.92. The minimum absolute atomic E-state index is 0.495. The van der Waals surface area contributed by atoms with Crippen LogP contribution in [0.4, 0.5) is 5.69 Å². The van der Waals surface area contributed by atoms with Crippen molar-refractivity contribution in [1.29, 1.82) is 0 Å². The number of rotatable bonds is 4. The maximum Gasteiger partial charge on any atom is 0.189 e. The fourth-order valence-corrected chi connectivity index (χ4v) is 2.50. The van der Waals surface area contributed by atoms with Gasteiger partial charge in [-0.1, -0.05) is 49.4 Å². The van der Waals surface area contributed by atoms with Crippen LogP contribution in [0.5, 0.6) is 0 Å². The summed E-state index contributed by atoms with van der Waals surface area (Å²) in [4.78, 5) is 0. The van der Waals surface area contributed by atoms with Crippen molar-refractivity contribution in [1.82, 2.24) is 15.8 Å². The number of thiocarbonyl (C=S) groups is 2. The highest BCUT2D eigenvalue weighted by Gasteiger charge is 2.06. The van der Waals surface area contributed by atoms with E-state index in [4.69, 9.17) is 24.4 Å². The van der Waals surface area contributed by atoms with Crippen LogP contribution in [0.15, 0.2) is 54.6 Å². The summed E-state index contributed by atoms with van der Waals surface area (Å²) in [6.07, 6.45) is 0.989. The molecule has 0 saturated carbocycles. The fraction of sp³-hybridized carbons (Fsp3) is 0.222. The Balaban J connectivity index is 1.80. The van der Waals surface area contributed by atoms with Crippen LogP contribution >= 0.6 is 24.4 Å². The van der Waals surface area contributed by atoms with Gasteiger partial charge in [0.15, 0.2) is 10.2 Å². The van der Waals surface area contributed by atoms with E-state index in [9.17, 15) is 0 Å². The van der Waals surface area contributed by atoms with E-state index in [1.54, 1.807) is 5.01 Å². The third-order valence-corrected chi connectivity index (χ3v) is 4.07. The number of anilines is 1. The number of benzene rings is 2. The zero-order chi connectivity index (χ0) is 17.4. The van der Waals surface area contributed by atoms with Crippen molar-refractivity contribution in [3.8, 4) is 0 Å². The maximum absolute atomic E-state index is 5.36. The summed E-state index contributed by atoms with van der Waals surface area (Å²) in [5.41, 5.74) is 6.45. The lowest BCUT2D eigenvalue weighted by Gasteiger charge is -2.23. The summed E-state index contributed by atoms with van der Waals surface area (Å²) in [7, 11) is 1.83. The minimum Gasteiger partial charge on any atom is -0.357 e. The van der Waals surface area contributed by atoms with E-state index in [0.29, 0.717) is 16.8 Å². The molecule has 2 aromatic rings. The molecular formula is C18H22N4S2. The van der Waals surface area contributed by atoms with Crippen molar-refractivity contribution in [2.75, 3.05) is 12.4 Å². The van der Waals surface area contributed by atoms with E-state index in [0.717, 1.165) is 12.1 Å². The number of hydrogen-bond acceptors (Lipinski definition) is 2. The van der Waals surface area contributed by atoms with Crippen molar-refractivity contribution in [2.45, 2.75) is 19.9 Å². The quantitative estimate of drug-likeness (QED) is 0.574. The predicted octanol–water partition coefficient (Wildman–Crippen LogP) is 3.46. The van der Waals surface area contributed by atoms with Gasteiger partial charge in [-0.2, -0.15) is 0 Å². The van der Waals surface area contributed by atoms with Crippen molar-refractivity contribution < 1.29 is 0 Å². The molecular weight excluding hydrogens is 336 g/mol. The van der Waals surface area contributed by atoms with Gasteiger partial charge in [-0.15, -0.1) is 0 Å². The van der Waals surface area contributed by atoms with Gasteiger partial charge in [-0.25, -0.2) is 0 Å². The van der Waals surface area contributed by atoms with Gasteiger partial charge in [0.1, 0.15) is 0 Å². The summed E-state index contributed by atoms with van der Waals surface area (Å²) in [6.45, 7) is 2.80. The van der Waals surface area contributed by atoms with Crippen LogP contribution in [0.2, 0.25) is 0 Å². The van der Waals surface area contributed by atoms with Gasteiger partial charge < -0.3 is 10.6 Å². The van der Waals surface area contributed by atoms with Crippen LogP contribution in [0.3, 0.4) is 0 Å². The number of nitrogens with zero attached hydrogens (tertiary/aromatic N) is 1. The van der Waals surface area contributed by atoms with E-state index in [-0.39, 0.29) is 0 Å². The Hall–Kier alpha value is -2.18. The number of aryl methyl sites for hydroxylation is 1. The molecule has 0 unspecified atom stereocenters. The van der Waals surface area contributed by atoms with Crippen molar-refractivity contribution in [3.63, 3.8) is 0 Å². The van der Waals surface area contributed by atoms with Gasteiger partial charge in [0, 0.05) is 19.3 Å². The first-order valence-electron chi connectivity index (χ1n) is 7.80. The number of nitrogens with one attached hydrogen (secondary N) is 3. The Morgan fingerprint density at radius 3 is 2.42 bits per heavy atom. The van der Waals surface area contributed by atoms with Crippen LogP contribution in [-0.2, 0) is 13.0 Å². The fourth-order valence-electron chi connectivity index (χ4n) is 2.12. The van der Waals surface area contributed by atoms with Crippen LogP contribution in [0.25, 0.3) is 0 Å². The minimum atomic E-state index is 0.495. The average molecular weight is 359 g/mol. The molecule has 0 aliphatic carbocycles. The highest BCUT2D eigenvalue weighted by Crippen LogP contribution is 2.10. The molecule has 0 aliphatic rings. The highest BCUT2D eigenvalue weighted by atomic mass is 32.1. The molecule has 4 nitrogen and oxygen atoms in total. The lowest BCUT2D eigenvalue weighted by molar-refractivity contribution is 0.450. The van der Waals surface area contributed by atoms with Gasteiger partial charge >= 0.3 is 0 Å². The molecule has 6 heteroatoms. The van der Waals surface area contributed by atoms with Crippen LogP contribution < -0.4 is 16.1 Å². The Bertz CT molecular complexity index is 688. The van der Waals surface area contributed by atoms with Gasteiger partial charge in [0.25, 0.3) is 0 Å². The average Bonchev–Trinajstić information content (AvgIpc) is 2.60. The molecule has 0 atom stereocenters. The van der Waals surface area contributed by atoms with Crippen LogP contribution in [0.1, 0.15) is 18.1 Å². The molecule has 0 aromatic heterocycles. The molecule has 0 saturated heterocycles. The van der Waals surface area contributed by atoms with E-state index in [1.807, 2.05) is 37.4 Å². The van der Waals surface area contributed by atoms with E-state index >= 15 is 0 Å². The lowest BCUT2D eigenvalue weighted by Crippen LogP contribution is -2.49. The highest BCUT2D eigenvalue weighted by molar-refractivity contribution is 7.80. The summed E-state index contributed by atoms with van der Waals surface area (Å²) in [6, 6.07) is 18.3. The topological polar surface area (TPSA) is 39.3 Å². The molecule has 0 bridgehead atoms. The number of hydrazine groups is 1. The second-order valence-electron chi connectivity index (χ2n) is 5.32. The second-order valence-corrected chi connectivity index (χ2v) is 6.12. The van der Waals surface area contributed by atoms with Gasteiger partial charge in [0.05, 0.1) is 0 Å². The van der Waals surface area contributed by atoms with Crippen LogP contribution in [0, 0.1) is 0 Å². The second kappa shape index (κ2) is 9.20. The molecule has 0 heterocycles. The predicted molar refractivity (Wildman–Crippen MR) is 109 cm³/mol. The van der Waals surface area contributed by atoms with E-state index in [2.05, 4.69) is 47.2 Å². The Morgan fingerprint density at radius 1 is 1.00 bits per heavy atom. The summed E-state index contributed by atoms with van der Waals surface area (Å²) in [5, 5.41) is 9.12. The zero-order valence-electron chi connectivity index (χ0n) is 13.9. The van der Waals surface area contributed by atoms with Crippen molar-refractivity contribution in [2.24, 2.45) is 0 Å². The molecule has 0 fully saturated rings. The Morgan fingerprint density at radius 2 is 1.71 bits per heavy atom. The standard InChI is InChI=1S/C18H22N4S2/c1-3-14-10-7-11-16(12-14)20-17(23)21-22(2)18(24)19-13-15-8-5-4-6-9-15/h4-12H,3,13H2,1-2H3,(H,19,24)(H2,20,21,23). The molecule has 126 valence electrons. The van der Waals surface area contributed by atoms with Crippen molar-refractivity contribution >= 4 is 40.3 Å². The molecule has 0 spiro atoms. The molecule has 24 heavy (non-hydrogen) atoms. The Kier molecular flexibility index (Phi) is 6.96. The smallest absolute Gasteiger partial charge is 0.189 e. The zero-order valence-corrected chi connectivity index (χ0v) is 15.5. The SMILES string of the molecule is CCc1cccc(NC(=S)NN(C)C(=S)NCc2ccccc2)c1. The van der Waals surface area contributed by atoms with Gasteiger partial charge in [-0.3, -0.25) is 10.4 Å². The molecule has 0 aliphatic heterocycles. The van der Waals surface area contributed by atoms with Gasteiger partial charge in [0.2, 0.25) is 0 Å². The molecule has 3 N–H and O–H groups in total. The largest absolute Gasteiger partial charge is 0.357 e.